The number of hydrogen-bond acceptors (Lipinski definition) is 5. The summed E-state index contributed by atoms with van der Waals surface area (Å²) in [5, 5.41) is 2.88. The summed E-state index contributed by atoms with van der Waals surface area (Å²) in [5.41, 5.74) is 0.408. The number of nitrogens with one attached hydrogen (secondary N) is 1. The Labute approximate surface area is 107 Å². The van der Waals surface area contributed by atoms with Gasteiger partial charge in [0, 0.05) is 32.7 Å². The zero-order chi connectivity index (χ0) is 13.1. The van der Waals surface area contributed by atoms with Gasteiger partial charge in [0.2, 0.25) is 0 Å². The van der Waals surface area contributed by atoms with Gasteiger partial charge >= 0.3 is 0 Å². The molecular formula is C12H19N5O. The van der Waals surface area contributed by atoms with Crippen molar-refractivity contribution in [2.45, 2.75) is 13.0 Å². The van der Waals surface area contributed by atoms with Crippen LogP contribution in [0.3, 0.4) is 0 Å². The van der Waals surface area contributed by atoms with Gasteiger partial charge in [-0.3, -0.25) is 4.79 Å². The Kier molecular flexibility index (Phi) is 3.76. The van der Waals surface area contributed by atoms with Gasteiger partial charge in [-0.1, -0.05) is 0 Å². The number of nitrogens with zero attached hydrogens (tertiary/aromatic N) is 4. The topological polar surface area (TPSA) is 61.4 Å². The highest BCUT2D eigenvalue weighted by molar-refractivity contribution is 5.92. The zero-order valence-electron chi connectivity index (χ0n) is 11.1. The Balaban J connectivity index is 2.06. The second-order valence-corrected chi connectivity index (χ2v) is 4.62. The van der Waals surface area contributed by atoms with Crippen molar-refractivity contribution in [3.05, 3.63) is 18.1 Å². The maximum absolute atomic E-state index is 12.2. The van der Waals surface area contributed by atoms with Crippen LogP contribution in [0.15, 0.2) is 12.4 Å². The SMILES string of the molecule is CNc1cnc(C(=O)N2CCN(C)C(C)C2)cn1. The number of piperazine rings is 1. The molecule has 18 heavy (non-hydrogen) atoms. The van der Waals surface area contributed by atoms with E-state index in [9.17, 15) is 4.79 Å². The van der Waals surface area contributed by atoms with Crippen LogP contribution in [0.4, 0.5) is 5.82 Å². The predicted octanol–water partition coefficient (Wildman–Crippen LogP) is 0.294. The number of aromatic nitrogens is 2. The molecule has 1 amide bonds. The summed E-state index contributed by atoms with van der Waals surface area (Å²) in [6.07, 6.45) is 3.10. The molecule has 6 heteroatoms. The molecule has 0 aliphatic carbocycles. The number of likely N-dealkylation sites (N-methyl/N-ethyl adjacent to an activating group) is 1. The fourth-order valence-corrected chi connectivity index (χ4v) is 1.96. The molecule has 1 N–H and O–H groups in total. The van der Waals surface area contributed by atoms with Crippen LogP contribution < -0.4 is 5.32 Å². The van der Waals surface area contributed by atoms with Gasteiger partial charge in [-0.2, -0.15) is 0 Å². The lowest BCUT2D eigenvalue weighted by atomic mass is 10.2. The van der Waals surface area contributed by atoms with Crippen molar-refractivity contribution < 1.29 is 4.79 Å². The van der Waals surface area contributed by atoms with Crippen LogP contribution in [0.2, 0.25) is 0 Å². The number of amides is 1. The molecule has 1 fully saturated rings. The first-order chi connectivity index (χ1) is 8.61. The smallest absolute Gasteiger partial charge is 0.274 e. The Bertz CT molecular complexity index is 419. The summed E-state index contributed by atoms with van der Waals surface area (Å²) in [6, 6.07) is 0.382. The van der Waals surface area contributed by atoms with E-state index in [0.29, 0.717) is 17.6 Å². The number of carbonyl (C=O) groups excluding carboxylic acids is 1. The minimum atomic E-state index is -0.0369. The first kappa shape index (κ1) is 12.8. The Morgan fingerprint density at radius 2 is 2.17 bits per heavy atom. The molecule has 0 bridgehead atoms. The summed E-state index contributed by atoms with van der Waals surface area (Å²) < 4.78 is 0. The summed E-state index contributed by atoms with van der Waals surface area (Å²) in [6.45, 7) is 4.50. The van der Waals surface area contributed by atoms with Crippen LogP contribution in [0.25, 0.3) is 0 Å². The summed E-state index contributed by atoms with van der Waals surface area (Å²) in [4.78, 5) is 24.6. The summed E-state index contributed by atoms with van der Waals surface area (Å²) in [5.74, 6) is 0.628. The van der Waals surface area contributed by atoms with Crippen molar-refractivity contribution in [1.82, 2.24) is 19.8 Å². The largest absolute Gasteiger partial charge is 0.372 e. The van der Waals surface area contributed by atoms with E-state index < -0.39 is 0 Å². The van der Waals surface area contributed by atoms with Gasteiger partial charge < -0.3 is 15.1 Å². The van der Waals surface area contributed by atoms with E-state index >= 15 is 0 Å². The zero-order valence-corrected chi connectivity index (χ0v) is 11.1. The van der Waals surface area contributed by atoms with Crippen LogP contribution in [0.5, 0.6) is 0 Å². The average Bonchev–Trinajstić information content (AvgIpc) is 2.41. The van der Waals surface area contributed by atoms with Crippen molar-refractivity contribution >= 4 is 11.7 Å². The molecule has 0 saturated carbocycles. The maximum Gasteiger partial charge on any atom is 0.274 e. The fraction of sp³-hybridized carbons (Fsp3) is 0.583. The quantitative estimate of drug-likeness (QED) is 0.816. The van der Waals surface area contributed by atoms with E-state index in [1.165, 1.54) is 6.20 Å². The average molecular weight is 249 g/mol. The molecule has 98 valence electrons. The Morgan fingerprint density at radius 1 is 1.39 bits per heavy atom. The molecule has 0 spiro atoms. The number of hydrogen-bond donors (Lipinski definition) is 1. The van der Waals surface area contributed by atoms with Crippen molar-refractivity contribution in [3.8, 4) is 0 Å². The number of carbonyl (C=O) groups is 1. The van der Waals surface area contributed by atoms with E-state index in [2.05, 4.69) is 34.2 Å². The maximum atomic E-state index is 12.2. The molecule has 1 saturated heterocycles. The molecule has 0 aromatic carbocycles. The van der Waals surface area contributed by atoms with Crippen LogP contribution in [0.1, 0.15) is 17.4 Å². The molecule has 1 aliphatic rings. The molecule has 1 aromatic rings. The fourth-order valence-electron chi connectivity index (χ4n) is 1.96. The van der Waals surface area contributed by atoms with Gasteiger partial charge in [0.1, 0.15) is 11.5 Å². The van der Waals surface area contributed by atoms with E-state index in [1.807, 2.05) is 4.90 Å². The highest BCUT2D eigenvalue weighted by Gasteiger charge is 2.25. The van der Waals surface area contributed by atoms with Crippen molar-refractivity contribution in [2.24, 2.45) is 0 Å². The second-order valence-electron chi connectivity index (χ2n) is 4.62. The van der Waals surface area contributed by atoms with Crippen LogP contribution >= 0.6 is 0 Å². The molecule has 2 heterocycles. The Morgan fingerprint density at radius 3 is 2.72 bits per heavy atom. The third-order valence-electron chi connectivity index (χ3n) is 3.37. The van der Waals surface area contributed by atoms with Crippen molar-refractivity contribution in [1.29, 1.82) is 0 Å². The summed E-state index contributed by atoms with van der Waals surface area (Å²) >= 11 is 0. The van der Waals surface area contributed by atoms with Gasteiger partial charge in [-0.05, 0) is 14.0 Å². The van der Waals surface area contributed by atoms with Crippen LogP contribution in [-0.4, -0.2) is 65.4 Å². The second kappa shape index (κ2) is 5.30. The summed E-state index contributed by atoms with van der Waals surface area (Å²) in [7, 11) is 3.85. The highest BCUT2D eigenvalue weighted by Crippen LogP contribution is 2.10. The Hall–Kier alpha value is -1.69. The predicted molar refractivity (Wildman–Crippen MR) is 69.6 cm³/mol. The minimum absolute atomic E-state index is 0.0369. The normalized spacial score (nSPS) is 20.8. The van der Waals surface area contributed by atoms with Gasteiger partial charge in [0.05, 0.1) is 12.4 Å². The highest BCUT2D eigenvalue weighted by atomic mass is 16.2. The van der Waals surface area contributed by atoms with Crippen molar-refractivity contribution in [2.75, 3.05) is 39.0 Å². The molecule has 1 aromatic heterocycles. The van der Waals surface area contributed by atoms with Gasteiger partial charge in [0.15, 0.2) is 0 Å². The van der Waals surface area contributed by atoms with Gasteiger partial charge in [0.25, 0.3) is 5.91 Å². The molecule has 2 rings (SSSR count). The molecule has 6 nitrogen and oxygen atoms in total. The van der Waals surface area contributed by atoms with Crippen molar-refractivity contribution in [3.63, 3.8) is 0 Å². The number of anilines is 1. The third-order valence-corrected chi connectivity index (χ3v) is 3.37. The lowest BCUT2D eigenvalue weighted by Crippen LogP contribution is -2.52. The third kappa shape index (κ3) is 2.59. The first-order valence-corrected chi connectivity index (χ1v) is 6.11. The van der Waals surface area contributed by atoms with E-state index in [4.69, 9.17) is 0 Å². The monoisotopic (exact) mass is 249 g/mol. The molecule has 1 unspecified atom stereocenters. The lowest BCUT2D eigenvalue weighted by Gasteiger charge is -2.37. The van der Waals surface area contributed by atoms with Crippen LogP contribution in [-0.2, 0) is 0 Å². The lowest BCUT2D eigenvalue weighted by molar-refractivity contribution is 0.0566. The van der Waals surface area contributed by atoms with E-state index in [0.717, 1.165) is 19.6 Å². The standard InChI is InChI=1S/C12H19N5O/c1-9-8-17(5-4-16(9)3)12(18)10-6-15-11(13-2)7-14-10/h6-7,9H,4-5,8H2,1-3H3,(H,13,15). The molecule has 1 aliphatic heterocycles. The van der Waals surface area contributed by atoms with Gasteiger partial charge in [-0.25, -0.2) is 9.97 Å². The first-order valence-electron chi connectivity index (χ1n) is 6.11. The van der Waals surface area contributed by atoms with Gasteiger partial charge in [-0.15, -0.1) is 0 Å². The van der Waals surface area contributed by atoms with E-state index in [1.54, 1.807) is 13.2 Å². The molecular weight excluding hydrogens is 230 g/mol. The van der Waals surface area contributed by atoms with Crippen LogP contribution in [0, 0.1) is 0 Å². The van der Waals surface area contributed by atoms with E-state index in [-0.39, 0.29) is 5.91 Å². The number of rotatable bonds is 2. The molecule has 0 radical (unpaired) electrons. The minimum Gasteiger partial charge on any atom is -0.372 e. The molecule has 1 atom stereocenters.